The van der Waals surface area contributed by atoms with Crippen LogP contribution >= 0.6 is 11.6 Å². The average Bonchev–Trinajstić information content (AvgIpc) is 2.37. The SMILES string of the molecule is FC(F)Oc1cc(Cl)ccc1-c1cccc(C(F)(F)F)c1. The highest BCUT2D eigenvalue weighted by Crippen LogP contribution is 2.37. The van der Waals surface area contributed by atoms with E-state index in [0.717, 1.165) is 18.2 Å². The summed E-state index contributed by atoms with van der Waals surface area (Å²) in [5, 5.41) is 0.140. The van der Waals surface area contributed by atoms with Crippen LogP contribution in [0.1, 0.15) is 5.56 Å². The lowest BCUT2D eigenvalue weighted by molar-refractivity contribution is -0.137. The maximum atomic E-state index is 12.7. The van der Waals surface area contributed by atoms with Gasteiger partial charge in [0.15, 0.2) is 0 Å². The molecule has 0 bridgehead atoms. The van der Waals surface area contributed by atoms with Crippen LogP contribution in [-0.4, -0.2) is 6.61 Å². The summed E-state index contributed by atoms with van der Waals surface area (Å²) in [6, 6.07) is 8.17. The van der Waals surface area contributed by atoms with E-state index in [-0.39, 0.29) is 21.9 Å². The Kier molecular flexibility index (Phi) is 4.37. The molecule has 0 saturated heterocycles. The molecule has 7 heteroatoms. The van der Waals surface area contributed by atoms with Crippen LogP contribution < -0.4 is 4.74 Å². The molecule has 21 heavy (non-hydrogen) atoms. The first-order valence-electron chi connectivity index (χ1n) is 5.69. The molecule has 1 nitrogen and oxygen atoms in total. The van der Waals surface area contributed by atoms with E-state index in [4.69, 9.17) is 11.6 Å². The van der Waals surface area contributed by atoms with Crippen molar-refractivity contribution < 1.29 is 26.7 Å². The summed E-state index contributed by atoms with van der Waals surface area (Å²) >= 11 is 5.69. The predicted molar refractivity (Wildman–Crippen MR) is 68.5 cm³/mol. The van der Waals surface area contributed by atoms with E-state index >= 15 is 0 Å². The van der Waals surface area contributed by atoms with Crippen molar-refractivity contribution in [2.75, 3.05) is 0 Å². The normalized spacial score (nSPS) is 11.8. The first-order valence-corrected chi connectivity index (χ1v) is 6.07. The smallest absolute Gasteiger partial charge is 0.416 e. The summed E-state index contributed by atoms with van der Waals surface area (Å²) in [5.74, 6) is -0.281. The van der Waals surface area contributed by atoms with E-state index in [9.17, 15) is 22.0 Å². The molecule has 0 N–H and O–H groups in total. The zero-order chi connectivity index (χ0) is 15.6. The lowest BCUT2D eigenvalue weighted by atomic mass is 10.0. The molecule has 0 heterocycles. The van der Waals surface area contributed by atoms with E-state index in [2.05, 4.69) is 4.74 Å². The maximum Gasteiger partial charge on any atom is 0.416 e. The summed E-state index contributed by atoms with van der Waals surface area (Å²) < 4.78 is 67.1. The van der Waals surface area contributed by atoms with E-state index in [0.29, 0.717) is 0 Å². The van der Waals surface area contributed by atoms with Gasteiger partial charge in [0.1, 0.15) is 5.75 Å². The van der Waals surface area contributed by atoms with E-state index in [1.165, 1.54) is 24.3 Å². The van der Waals surface area contributed by atoms with Gasteiger partial charge < -0.3 is 4.74 Å². The van der Waals surface area contributed by atoms with Gasteiger partial charge >= 0.3 is 12.8 Å². The molecule has 0 spiro atoms. The largest absolute Gasteiger partial charge is 0.434 e. The zero-order valence-corrected chi connectivity index (χ0v) is 11.1. The minimum absolute atomic E-state index is 0.103. The Labute approximate surface area is 121 Å². The Morgan fingerprint density at radius 3 is 2.33 bits per heavy atom. The van der Waals surface area contributed by atoms with Crippen molar-refractivity contribution >= 4 is 11.6 Å². The Hall–Kier alpha value is -1.82. The minimum atomic E-state index is -4.52. The van der Waals surface area contributed by atoms with Crippen LogP contribution in [0.4, 0.5) is 22.0 Å². The Morgan fingerprint density at radius 2 is 1.71 bits per heavy atom. The third-order valence-electron chi connectivity index (χ3n) is 2.66. The molecule has 2 aromatic carbocycles. The van der Waals surface area contributed by atoms with Crippen molar-refractivity contribution in [2.45, 2.75) is 12.8 Å². The van der Waals surface area contributed by atoms with Crippen LogP contribution in [0.3, 0.4) is 0 Å². The fraction of sp³-hybridized carbons (Fsp3) is 0.143. The molecule has 0 amide bonds. The zero-order valence-electron chi connectivity index (χ0n) is 10.3. The highest BCUT2D eigenvalue weighted by atomic mass is 35.5. The molecule has 0 radical (unpaired) electrons. The van der Waals surface area contributed by atoms with Gasteiger partial charge in [-0.15, -0.1) is 0 Å². The predicted octanol–water partition coefficient (Wildman–Crippen LogP) is 5.63. The van der Waals surface area contributed by atoms with Crippen LogP contribution in [0.2, 0.25) is 5.02 Å². The Balaban J connectivity index is 2.51. The van der Waals surface area contributed by atoms with Gasteiger partial charge in [-0.3, -0.25) is 0 Å². The van der Waals surface area contributed by atoms with E-state index < -0.39 is 18.4 Å². The lowest BCUT2D eigenvalue weighted by Crippen LogP contribution is -2.05. The molecule has 0 unspecified atom stereocenters. The van der Waals surface area contributed by atoms with Gasteiger partial charge in [0.25, 0.3) is 0 Å². The van der Waals surface area contributed by atoms with Gasteiger partial charge in [-0.05, 0) is 35.9 Å². The number of benzene rings is 2. The molecule has 0 saturated carbocycles. The van der Waals surface area contributed by atoms with Gasteiger partial charge in [-0.25, -0.2) is 0 Å². The lowest BCUT2D eigenvalue weighted by Gasteiger charge is -2.13. The standard InChI is InChI=1S/C14H8ClF5O/c15-10-4-5-11(12(7-10)21-13(16)17)8-2-1-3-9(6-8)14(18,19)20/h1-7,13H. The van der Waals surface area contributed by atoms with Crippen LogP contribution in [-0.2, 0) is 6.18 Å². The van der Waals surface area contributed by atoms with Gasteiger partial charge in [-0.2, -0.15) is 22.0 Å². The summed E-state index contributed by atoms with van der Waals surface area (Å²) in [4.78, 5) is 0. The van der Waals surface area contributed by atoms with Crippen LogP contribution in [0.5, 0.6) is 5.75 Å². The maximum absolute atomic E-state index is 12.7. The molecule has 0 aromatic heterocycles. The minimum Gasteiger partial charge on any atom is -0.434 e. The second kappa shape index (κ2) is 5.89. The fourth-order valence-electron chi connectivity index (χ4n) is 1.79. The van der Waals surface area contributed by atoms with E-state index in [1.807, 2.05) is 0 Å². The third kappa shape index (κ3) is 3.85. The highest BCUT2D eigenvalue weighted by Gasteiger charge is 2.30. The molecule has 0 atom stereocenters. The van der Waals surface area contributed by atoms with Crippen molar-refractivity contribution in [2.24, 2.45) is 0 Å². The van der Waals surface area contributed by atoms with Gasteiger partial charge in [0.2, 0.25) is 0 Å². The topological polar surface area (TPSA) is 9.23 Å². The first kappa shape index (κ1) is 15.6. The summed E-state index contributed by atoms with van der Waals surface area (Å²) in [7, 11) is 0. The number of rotatable bonds is 3. The average molecular weight is 323 g/mol. The number of hydrogen-bond acceptors (Lipinski definition) is 1. The summed E-state index contributed by atoms with van der Waals surface area (Å²) in [6.45, 7) is -3.10. The highest BCUT2D eigenvalue weighted by molar-refractivity contribution is 6.30. The molecule has 0 aliphatic carbocycles. The van der Waals surface area contributed by atoms with Gasteiger partial charge in [0, 0.05) is 10.6 Å². The van der Waals surface area contributed by atoms with Gasteiger partial charge in [0.05, 0.1) is 5.56 Å². The second-order valence-corrected chi connectivity index (χ2v) is 4.53. The summed E-state index contributed by atoms with van der Waals surface area (Å²) in [5.41, 5.74) is -0.666. The number of ether oxygens (including phenoxy) is 1. The second-order valence-electron chi connectivity index (χ2n) is 4.10. The Morgan fingerprint density at radius 1 is 1.00 bits per heavy atom. The molecule has 2 rings (SSSR count). The van der Waals surface area contributed by atoms with Crippen LogP contribution in [0.15, 0.2) is 42.5 Å². The van der Waals surface area contributed by atoms with Crippen molar-refractivity contribution in [3.63, 3.8) is 0 Å². The molecule has 0 aliphatic rings. The van der Waals surface area contributed by atoms with Crippen molar-refractivity contribution in [1.82, 2.24) is 0 Å². The van der Waals surface area contributed by atoms with Crippen LogP contribution in [0, 0.1) is 0 Å². The van der Waals surface area contributed by atoms with E-state index in [1.54, 1.807) is 0 Å². The fourth-order valence-corrected chi connectivity index (χ4v) is 1.95. The van der Waals surface area contributed by atoms with Crippen molar-refractivity contribution in [1.29, 1.82) is 0 Å². The summed E-state index contributed by atoms with van der Waals surface area (Å²) in [6.07, 6.45) is -4.52. The third-order valence-corrected chi connectivity index (χ3v) is 2.90. The molecule has 0 aliphatic heterocycles. The molecule has 2 aromatic rings. The number of halogens is 6. The molecule has 112 valence electrons. The van der Waals surface area contributed by atoms with Crippen molar-refractivity contribution in [3.8, 4) is 16.9 Å². The number of alkyl halides is 5. The quantitative estimate of drug-likeness (QED) is 0.666. The monoisotopic (exact) mass is 322 g/mol. The molecular weight excluding hydrogens is 315 g/mol. The van der Waals surface area contributed by atoms with Gasteiger partial charge in [-0.1, -0.05) is 23.7 Å². The van der Waals surface area contributed by atoms with Crippen LogP contribution in [0.25, 0.3) is 11.1 Å². The molecule has 0 fully saturated rings. The molecular formula is C14H8ClF5O. The Bertz CT molecular complexity index is 640. The first-order chi connectivity index (χ1) is 9.77. The van der Waals surface area contributed by atoms with Crippen molar-refractivity contribution in [3.05, 3.63) is 53.1 Å². The number of hydrogen-bond donors (Lipinski definition) is 0.